The van der Waals surface area contributed by atoms with E-state index in [1.807, 2.05) is 30.1 Å². The lowest BCUT2D eigenvalue weighted by Crippen LogP contribution is -2.41. The predicted molar refractivity (Wildman–Crippen MR) is 81.4 cm³/mol. The molecule has 114 valence electrons. The Bertz CT molecular complexity index is 541. The molecule has 0 aromatic carbocycles. The largest absolute Gasteiger partial charge is 0.469 e. The number of aromatic nitrogens is 4. The highest BCUT2D eigenvalue weighted by atomic mass is 32.1. The third kappa shape index (κ3) is 3.79. The van der Waals surface area contributed by atoms with Gasteiger partial charge in [-0.05, 0) is 32.4 Å². The number of hydrogen-bond acceptors (Lipinski definition) is 6. The molecule has 0 unspecified atom stereocenters. The lowest BCUT2D eigenvalue weighted by molar-refractivity contribution is 0.121. The number of nitrogens with zero attached hydrogens (tertiary/aromatic N) is 5. The Morgan fingerprint density at radius 3 is 3.14 bits per heavy atom. The molecular formula is C14H21N5OS. The van der Waals surface area contributed by atoms with Crippen LogP contribution in [0, 0.1) is 0 Å². The van der Waals surface area contributed by atoms with E-state index in [9.17, 15) is 0 Å². The summed E-state index contributed by atoms with van der Waals surface area (Å²) in [7, 11) is 0. The zero-order valence-electron chi connectivity index (χ0n) is 12.3. The Balaban J connectivity index is 1.63. The van der Waals surface area contributed by atoms with Gasteiger partial charge in [-0.3, -0.25) is 9.58 Å². The summed E-state index contributed by atoms with van der Waals surface area (Å²) in [5.74, 6) is 0. The molecule has 1 atom stereocenters. The van der Waals surface area contributed by atoms with Crippen LogP contribution in [0.15, 0.2) is 18.5 Å². The first-order valence-electron chi connectivity index (χ1n) is 7.52. The molecule has 2 aromatic heterocycles. The molecule has 0 spiro atoms. The van der Waals surface area contributed by atoms with Crippen molar-refractivity contribution in [2.45, 2.75) is 45.3 Å². The van der Waals surface area contributed by atoms with Crippen molar-refractivity contribution >= 4 is 11.3 Å². The minimum atomic E-state index is 0.526. The van der Waals surface area contributed by atoms with Crippen molar-refractivity contribution < 1.29 is 4.74 Å². The highest BCUT2D eigenvalue weighted by Crippen LogP contribution is 2.24. The second kappa shape index (κ2) is 7.00. The van der Waals surface area contributed by atoms with Crippen LogP contribution in [0.25, 0.3) is 0 Å². The van der Waals surface area contributed by atoms with Crippen LogP contribution in [-0.4, -0.2) is 44.1 Å². The maximum Gasteiger partial charge on any atom is 0.294 e. The van der Waals surface area contributed by atoms with E-state index in [2.05, 4.69) is 20.2 Å². The van der Waals surface area contributed by atoms with Crippen LogP contribution in [0.5, 0.6) is 5.19 Å². The highest BCUT2D eigenvalue weighted by Gasteiger charge is 2.24. The summed E-state index contributed by atoms with van der Waals surface area (Å²) in [6.07, 6.45) is 7.64. The molecule has 7 heteroatoms. The van der Waals surface area contributed by atoms with Gasteiger partial charge in [-0.1, -0.05) is 17.8 Å². The van der Waals surface area contributed by atoms with E-state index in [0.717, 1.165) is 24.6 Å². The predicted octanol–water partition coefficient (Wildman–Crippen LogP) is 2.19. The Hall–Kier alpha value is -1.47. The van der Waals surface area contributed by atoms with E-state index in [0.29, 0.717) is 17.8 Å². The third-order valence-electron chi connectivity index (χ3n) is 3.76. The van der Waals surface area contributed by atoms with E-state index in [1.54, 1.807) is 11.3 Å². The smallest absolute Gasteiger partial charge is 0.294 e. The number of likely N-dealkylation sites (tertiary alicyclic amines) is 1. The Kier molecular flexibility index (Phi) is 4.82. The van der Waals surface area contributed by atoms with Crippen LogP contribution in [0.4, 0.5) is 0 Å². The van der Waals surface area contributed by atoms with Crippen molar-refractivity contribution in [2.24, 2.45) is 0 Å². The van der Waals surface area contributed by atoms with Crippen LogP contribution >= 0.6 is 11.3 Å². The van der Waals surface area contributed by atoms with Crippen molar-refractivity contribution in [1.82, 2.24) is 24.9 Å². The first kappa shape index (κ1) is 14.5. The number of ether oxygens (including phenoxy) is 1. The summed E-state index contributed by atoms with van der Waals surface area (Å²) >= 11 is 1.55. The van der Waals surface area contributed by atoms with E-state index < -0.39 is 0 Å². The van der Waals surface area contributed by atoms with E-state index in [1.165, 1.54) is 19.3 Å². The van der Waals surface area contributed by atoms with Crippen LogP contribution in [-0.2, 0) is 13.1 Å². The van der Waals surface area contributed by atoms with Gasteiger partial charge in [-0.15, -0.1) is 10.2 Å². The summed E-state index contributed by atoms with van der Waals surface area (Å²) < 4.78 is 7.42. The van der Waals surface area contributed by atoms with Crippen molar-refractivity contribution in [1.29, 1.82) is 0 Å². The SMILES string of the molecule is CCOc1nnc(CN2CCCC[C@H]2Cn2cccn2)s1. The van der Waals surface area contributed by atoms with Gasteiger partial charge in [0.2, 0.25) is 0 Å². The first-order chi connectivity index (χ1) is 10.3. The van der Waals surface area contributed by atoms with Gasteiger partial charge in [0, 0.05) is 18.4 Å². The van der Waals surface area contributed by atoms with Gasteiger partial charge < -0.3 is 4.74 Å². The van der Waals surface area contributed by atoms with Crippen LogP contribution in [0.1, 0.15) is 31.2 Å². The fraction of sp³-hybridized carbons (Fsp3) is 0.643. The molecule has 0 N–H and O–H groups in total. The lowest BCUT2D eigenvalue weighted by Gasteiger charge is -2.34. The minimum absolute atomic E-state index is 0.526. The topological polar surface area (TPSA) is 56.1 Å². The van der Waals surface area contributed by atoms with Gasteiger partial charge >= 0.3 is 0 Å². The summed E-state index contributed by atoms with van der Waals surface area (Å²) in [6.45, 7) is 5.53. The number of piperidine rings is 1. The maximum absolute atomic E-state index is 5.40. The van der Waals surface area contributed by atoms with Gasteiger partial charge in [0.1, 0.15) is 5.01 Å². The Labute approximate surface area is 128 Å². The van der Waals surface area contributed by atoms with Crippen molar-refractivity contribution in [3.8, 4) is 5.19 Å². The van der Waals surface area contributed by atoms with Gasteiger partial charge in [0.15, 0.2) is 0 Å². The molecule has 1 saturated heterocycles. The fourth-order valence-corrected chi connectivity index (χ4v) is 3.53. The molecule has 1 aliphatic rings. The normalized spacial score (nSPS) is 19.8. The van der Waals surface area contributed by atoms with Crippen molar-refractivity contribution in [3.05, 3.63) is 23.5 Å². The monoisotopic (exact) mass is 307 g/mol. The summed E-state index contributed by atoms with van der Waals surface area (Å²) in [5.41, 5.74) is 0. The molecule has 6 nitrogen and oxygen atoms in total. The lowest BCUT2D eigenvalue weighted by atomic mass is 10.0. The van der Waals surface area contributed by atoms with Crippen molar-refractivity contribution in [2.75, 3.05) is 13.2 Å². The van der Waals surface area contributed by atoms with Gasteiger partial charge in [0.25, 0.3) is 5.19 Å². The van der Waals surface area contributed by atoms with Gasteiger partial charge in [0.05, 0.1) is 19.7 Å². The molecule has 3 heterocycles. The molecule has 0 saturated carbocycles. The Morgan fingerprint density at radius 1 is 1.38 bits per heavy atom. The zero-order chi connectivity index (χ0) is 14.5. The molecule has 1 aliphatic heterocycles. The first-order valence-corrected chi connectivity index (χ1v) is 8.33. The molecule has 0 radical (unpaired) electrons. The fourth-order valence-electron chi connectivity index (χ4n) is 2.76. The standard InChI is InChI=1S/C14H21N5OS/c1-2-20-14-17-16-13(21-14)11-18-8-4-3-6-12(18)10-19-9-5-7-15-19/h5,7,9,12H,2-4,6,8,10-11H2,1H3/t12-/m0/s1. The zero-order valence-corrected chi connectivity index (χ0v) is 13.1. The average molecular weight is 307 g/mol. The molecular weight excluding hydrogens is 286 g/mol. The summed E-state index contributed by atoms with van der Waals surface area (Å²) in [5, 5.41) is 14.3. The van der Waals surface area contributed by atoms with Gasteiger partial charge in [-0.2, -0.15) is 5.10 Å². The molecule has 0 bridgehead atoms. The van der Waals surface area contributed by atoms with Crippen LogP contribution in [0.3, 0.4) is 0 Å². The summed E-state index contributed by atoms with van der Waals surface area (Å²) in [6, 6.07) is 2.50. The number of rotatable bonds is 6. The van der Waals surface area contributed by atoms with E-state index in [-0.39, 0.29) is 0 Å². The Morgan fingerprint density at radius 2 is 2.33 bits per heavy atom. The van der Waals surface area contributed by atoms with Gasteiger partial charge in [-0.25, -0.2) is 0 Å². The molecule has 2 aromatic rings. The van der Waals surface area contributed by atoms with E-state index in [4.69, 9.17) is 4.74 Å². The molecule has 0 amide bonds. The maximum atomic E-state index is 5.40. The summed E-state index contributed by atoms with van der Waals surface area (Å²) in [4.78, 5) is 2.50. The second-order valence-electron chi connectivity index (χ2n) is 5.24. The molecule has 3 rings (SSSR count). The van der Waals surface area contributed by atoms with Crippen LogP contribution in [0.2, 0.25) is 0 Å². The second-order valence-corrected chi connectivity index (χ2v) is 6.27. The average Bonchev–Trinajstić information content (AvgIpc) is 3.14. The van der Waals surface area contributed by atoms with Crippen LogP contribution < -0.4 is 4.74 Å². The van der Waals surface area contributed by atoms with E-state index >= 15 is 0 Å². The minimum Gasteiger partial charge on any atom is -0.469 e. The molecule has 1 fully saturated rings. The highest BCUT2D eigenvalue weighted by molar-refractivity contribution is 7.13. The quantitative estimate of drug-likeness (QED) is 0.819. The molecule has 0 aliphatic carbocycles. The number of hydrogen-bond donors (Lipinski definition) is 0. The third-order valence-corrected chi connectivity index (χ3v) is 4.58. The molecule has 21 heavy (non-hydrogen) atoms. The van der Waals surface area contributed by atoms with Crippen molar-refractivity contribution in [3.63, 3.8) is 0 Å².